The summed E-state index contributed by atoms with van der Waals surface area (Å²) in [5, 5.41) is 3.89. The van der Waals surface area contributed by atoms with Gasteiger partial charge in [0.25, 0.3) is 10.0 Å². The predicted molar refractivity (Wildman–Crippen MR) is 115 cm³/mol. The van der Waals surface area contributed by atoms with Crippen LogP contribution in [-0.4, -0.2) is 38.5 Å². The zero-order chi connectivity index (χ0) is 20.9. The van der Waals surface area contributed by atoms with Crippen LogP contribution in [-0.2, 0) is 10.0 Å². The molecule has 0 bridgehead atoms. The van der Waals surface area contributed by atoms with Crippen molar-refractivity contribution in [3.05, 3.63) is 40.8 Å². The molecule has 1 aliphatic rings. The van der Waals surface area contributed by atoms with Crippen molar-refractivity contribution in [3.63, 3.8) is 0 Å². The minimum Gasteiger partial charge on any atom is -0.307 e. The van der Waals surface area contributed by atoms with Gasteiger partial charge in [-0.1, -0.05) is 58.9 Å². The normalized spacial score (nSPS) is 18.3. The zero-order valence-electron chi connectivity index (χ0n) is 17.5. The first-order valence-corrected chi connectivity index (χ1v) is 11.6. The highest BCUT2D eigenvalue weighted by Gasteiger charge is 2.22. The Kier molecular flexibility index (Phi) is 7.66. The highest BCUT2D eigenvalue weighted by atomic mass is 32.2. The molecule has 2 amide bonds. The molecule has 1 fully saturated rings. The van der Waals surface area contributed by atoms with E-state index in [2.05, 4.69) is 21.9 Å². The molecule has 156 valence electrons. The number of carbonyl (C=O) groups is 1. The van der Waals surface area contributed by atoms with Crippen molar-refractivity contribution in [1.82, 2.24) is 9.62 Å². The molecule has 2 rings (SSSR count). The zero-order valence-corrected chi connectivity index (χ0v) is 18.3. The van der Waals surface area contributed by atoms with Gasteiger partial charge >= 0.3 is 6.03 Å². The average Bonchev–Trinajstić information content (AvgIpc) is 3.07. The third-order valence-electron chi connectivity index (χ3n) is 5.15. The van der Waals surface area contributed by atoms with Crippen LogP contribution in [0.1, 0.15) is 70.4 Å². The lowest BCUT2D eigenvalue weighted by atomic mass is 9.93. The highest BCUT2D eigenvalue weighted by molar-refractivity contribution is 7.92. The molecule has 0 spiro atoms. The van der Waals surface area contributed by atoms with Crippen LogP contribution < -0.4 is 10.0 Å². The van der Waals surface area contributed by atoms with E-state index in [1.807, 2.05) is 45.9 Å². The third kappa shape index (κ3) is 5.82. The van der Waals surface area contributed by atoms with E-state index in [9.17, 15) is 13.2 Å². The number of hydrogen-bond donors (Lipinski definition) is 2. The quantitative estimate of drug-likeness (QED) is 0.703. The van der Waals surface area contributed by atoms with E-state index in [1.54, 1.807) is 6.08 Å². The Morgan fingerprint density at radius 3 is 2.36 bits per heavy atom. The summed E-state index contributed by atoms with van der Waals surface area (Å²) in [6.45, 7) is 12.1. The molecule has 7 heteroatoms. The van der Waals surface area contributed by atoms with Crippen molar-refractivity contribution in [1.29, 1.82) is 0 Å². The maximum Gasteiger partial charge on any atom is 0.333 e. The number of para-hydroxylation sites is 1. The lowest BCUT2D eigenvalue weighted by molar-refractivity contribution is 0.256. The number of urea groups is 1. The molecule has 0 radical (unpaired) electrons. The summed E-state index contributed by atoms with van der Waals surface area (Å²) in [5.74, 6) is 0.404. The predicted octanol–water partition coefficient (Wildman–Crippen LogP) is 4.38. The molecule has 1 saturated heterocycles. The number of carbonyl (C=O) groups excluding carboxylic acids is 1. The molecule has 28 heavy (non-hydrogen) atoms. The second kappa shape index (κ2) is 9.56. The van der Waals surface area contributed by atoms with E-state index in [1.165, 1.54) is 0 Å². The monoisotopic (exact) mass is 407 g/mol. The van der Waals surface area contributed by atoms with Gasteiger partial charge in [-0.2, -0.15) is 0 Å². The summed E-state index contributed by atoms with van der Waals surface area (Å²) >= 11 is 0. The first kappa shape index (κ1) is 22.4. The van der Waals surface area contributed by atoms with Crippen LogP contribution in [0.2, 0.25) is 0 Å². The van der Waals surface area contributed by atoms with Crippen LogP contribution in [0.3, 0.4) is 0 Å². The molecule has 1 heterocycles. The number of nitrogens with zero attached hydrogens (tertiary/aromatic N) is 1. The fourth-order valence-corrected chi connectivity index (χ4v) is 4.42. The topological polar surface area (TPSA) is 78.5 Å². The van der Waals surface area contributed by atoms with E-state index in [0.29, 0.717) is 5.69 Å². The summed E-state index contributed by atoms with van der Waals surface area (Å²) in [5.41, 5.74) is 2.66. The lowest BCUT2D eigenvalue weighted by Gasteiger charge is -2.20. The molecular weight excluding hydrogens is 374 g/mol. The van der Waals surface area contributed by atoms with E-state index in [0.717, 1.165) is 42.5 Å². The number of amides is 2. The maximum absolute atomic E-state index is 12.4. The smallest absolute Gasteiger partial charge is 0.307 e. The van der Waals surface area contributed by atoms with Gasteiger partial charge in [0.15, 0.2) is 0 Å². The number of anilines is 1. The van der Waals surface area contributed by atoms with Crippen LogP contribution in [0.4, 0.5) is 10.5 Å². The number of likely N-dealkylation sites (tertiary alicyclic amines) is 1. The highest BCUT2D eigenvalue weighted by Crippen LogP contribution is 2.32. The number of hydrogen-bond acceptors (Lipinski definition) is 4. The van der Waals surface area contributed by atoms with Gasteiger partial charge in [-0.25, -0.2) is 17.9 Å². The van der Waals surface area contributed by atoms with Gasteiger partial charge in [-0.05, 0) is 48.9 Å². The fraction of sp³-hybridized carbons (Fsp3) is 0.571. The van der Waals surface area contributed by atoms with Crippen molar-refractivity contribution in [2.45, 2.75) is 65.3 Å². The first-order valence-electron chi connectivity index (χ1n) is 10.0. The maximum atomic E-state index is 12.4. The molecule has 0 aromatic heterocycles. The molecule has 0 saturated carbocycles. The molecule has 1 aromatic carbocycles. The molecule has 1 unspecified atom stereocenters. The summed E-state index contributed by atoms with van der Waals surface area (Å²) in [6.07, 6.45) is 3.67. The number of likely N-dealkylation sites (N-methyl/N-ethyl adjacent to an activating group) is 1. The molecular formula is C21H33N3O3S. The van der Waals surface area contributed by atoms with E-state index < -0.39 is 16.1 Å². The van der Waals surface area contributed by atoms with Gasteiger partial charge in [-0.15, -0.1) is 0 Å². The SMILES string of the molecule is CCN1CCCC1/C=C/S(=O)(=O)NC(=O)Nc1c(C(C)C)cccc1C(C)C. The molecule has 1 aromatic rings. The van der Waals surface area contributed by atoms with Crippen molar-refractivity contribution < 1.29 is 13.2 Å². The third-order valence-corrected chi connectivity index (χ3v) is 6.13. The van der Waals surface area contributed by atoms with Crippen LogP contribution >= 0.6 is 0 Å². The van der Waals surface area contributed by atoms with E-state index in [-0.39, 0.29) is 17.9 Å². The Morgan fingerprint density at radius 2 is 1.82 bits per heavy atom. The molecule has 6 nitrogen and oxygen atoms in total. The van der Waals surface area contributed by atoms with Crippen molar-refractivity contribution in [3.8, 4) is 0 Å². The van der Waals surface area contributed by atoms with Crippen LogP contribution in [0.25, 0.3) is 0 Å². The Hall–Kier alpha value is -1.86. The lowest BCUT2D eigenvalue weighted by Crippen LogP contribution is -2.34. The minimum absolute atomic E-state index is 0.110. The van der Waals surface area contributed by atoms with Crippen molar-refractivity contribution in [2.24, 2.45) is 0 Å². The second-order valence-electron chi connectivity index (χ2n) is 7.89. The Balaban J connectivity index is 2.13. The molecule has 0 aliphatic carbocycles. The Labute approximate surface area is 169 Å². The van der Waals surface area contributed by atoms with Gasteiger partial charge < -0.3 is 5.32 Å². The van der Waals surface area contributed by atoms with Crippen molar-refractivity contribution in [2.75, 3.05) is 18.4 Å². The summed E-state index contributed by atoms with van der Waals surface area (Å²) in [6, 6.07) is 5.26. The van der Waals surface area contributed by atoms with E-state index in [4.69, 9.17) is 0 Å². The Morgan fingerprint density at radius 1 is 1.21 bits per heavy atom. The molecule has 2 N–H and O–H groups in total. The van der Waals surface area contributed by atoms with Gasteiger partial charge in [0.1, 0.15) is 0 Å². The fourth-order valence-electron chi connectivity index (χ4n) is 3.65. The Bertz CT molecular complexity index is 790. The largest absolute Gasteiger partial charge is 0.333 e. The average molecular weight is 408 g/mol. The molecule has 1 aliphatic heterocycles. The van der Waals surface area contributed by atoms with Gasteiger partial charge in [0, 0.05) is 17.1 Å². The number of nitrogens with one attached hydrogen (secondary N) is 2. The minimum atomic E-state index is -3.86. The van der Waals surface area contributed by atoms with Crippen LogP contribution in [0.5, 0.6) is 0 Å². The number of rotatable bonds is 7. The summed E-state index contributed by atoms with van der Waals surface area (Å²) in [7, 11) is -3.86. The molecule has 1 atom stereocenters. The summed E-state index contributed by atoms with van der Waals surface area (Å²) < 4.78 is 26.8. The van der Waals surface area contributed by atoms with E-state index >= 15 is 0 Å². The standard InChI is InChI=1S/C21H33N3O3S/c1-6-24-13-8-9-17(24)12-14-28(26,27)23-21(25)22-20-18(15(2)3)10-7-11-19(20)16(4)5/h7,10-12,14-17H,6,8-9,13H2,1-5H3,(H2,22,23,25)/b14-12+. The summed E-state index contributed by atoms with van der Waals surface area (Å²) in [4.78, 5) is 14.7. The van der Waals surface area contributed by atoms with Gasteiger partial charge in [-0.3, -0.25) is 4.90 Å². The van der Waals surface area contributed by atoms with Crippen molar-refractivity contribution >= 4 is 21.7 Å². The number of benzene rings is 1. The van der Waals surface area contributed by atoms with Crippen LogP contribution in [0, 0.1) is 0 Å². The van der Waals surface area contributed by atoms with Gasteiger partial charge in [0.2, 0.25) is 0 Å². The number of sulfonamides is 1. The first-order chi connectivity index (χ1) is 13.1. The van der Waals surface area contributed by atoms with Crippen LogP contribution in [0.15, 0.2) is 29.7 Å². The van der Waals surface area contributed by atoms with Gasteiger partial charge in [0.05, 0.1) is 0 Å². The second-order valence-corrected chi connectivity index (χ2v) is 9.46.